The average Bonchev–Trinajstić information content (AvgIpc) is 2.83. The van der Waals surface area contributed by atoms with E-state index in [1.807, 2.05) is 13.8 Å². The smallest absolute Gasteiger partial charge is 0.246 e. The number of nitrogens with one attached hydrogen (secondary N) is 1. The summed E-state index contributed by atoms with van der Waals surface area (Å²) in [6.07, 6.45) is 1.64. The lowest BCUT2D eigenvalue weighted by atomic mass is 9.96. The molecule has 0 atom stereocenters. The van der Waals surface area contributed by atoms with Crippen LogP contribution < -0.4 is 5.32 Å². The lowest BCUT2D eigenvalue weighted by Gasteiger charge is -2.26. The third-order valence-corrected chi connectivity index (χ3v) is 3.52. The molecule has 0 saturated carbocycles. The molecule has 1 aromatic rings. The maximum atomic E-state index is 5.60. The third kappa shape index (κ3) is 2.72. The number of nitrogens with zero attached hydrogens (tertiary/aromatic N) is 2. The number of ether oxygens (including phenoxy) is 1. The van der Waals surface area contributed by atoms with Crippen LogP contribution in [-0.4, -0.2) is 23.8 Å². The molecule has 5 nitrogen and oxygen atoms in total. The fourth-order valence-corrected chi connectivity index (χ4v) is 2.13. The number of methoxy groups -OCH3 is 1. The molecule has 1 N–H and O–H groups in total. The molecular weight excluding hydrogens is 230 g/mol. The quantitative estimate of drug-likeness (QED) is 0.811. The number of hydrogen-bond donors (Lipinski definition) is 1. The van der Waals surface area contributed by atoms with Gasteiger partial charge in [0.2, 0.25) is 11.7 Å². The second-order valence-electron chi connectivity index (χ2n) is 4.98. The molecule has 0 bridgehead atoms. The van der Waals surface area contributed by atoms with Crippen molar-refractivity contribution in [2.24, 2.45) is 0 Å². The summed E-state index contributed by atoms with van der Waals surface area (Å²) in [4.78, 5) is 4.52. The minimum Gasteiger partial charge on any atom is -0.370 e. The summed E-state index contributed by atoms with van der Waals surface area (Å²) in [7, 11) is 1.69. The van der Waals surface area contributed by atoms with Crippen LogP contribution in [0.4, 0.5) is 0 Å². The second-order valence-corrected chi connectivity index (χ2v) is 4.98. The molecule has 18 heavy (non-hydrogen) atoms. The largest absolute Gasteiger partial charge is 0.370 e. The first-order valence-corrected chi connectivity index (χ1v) is 6.60. The first-order chi connectivity index (χ1) is 8.45. The van der Waals surface area contributed by atoms with Crippen molar-refractivity contribution >= 4 is 0 Å². The number of hydrogen-bond acceptors (Lipinski definition) is 5. The standard InChI is InChI=1S/C13H25N3O2/c1-7-13(8-2,17-6)10-15-11(18-16-10)12(4,5)14-9-3/h14H,7-9H2,1-6H3. The van der Waals surface area contributed by atoms with Crippen molar-refractivity contribution in [2.45, 2.75) is 58.6 Å². The van der Waals surface area contributed by atoms with Crippen LogP contribution in [0, 0.1) is 0 Å². The molecule has 1 aromatic heterocycles. The molecule has 0 unspecified atom stereocenters. The fourth-order valence-electron chi connectivity index (χ4n) is 2.13. The zero-order valence-corrected chi connectivity index (χ0v) is 12.3. The minimum atomic E-state index is -0.440. The monoisotopic (exact) mass is 255 g/mol. The molecule has 104 valence electrons. The summed E-state index contributed by atoms with van der Waals surface area (Å²) >= 11 is 0. The lowest BCUT2D eigenvalue weighted by molar-refractivity contribution is -0.0306. The molecule has 0 radical (unpaired) electrons. The van der Waals surface area contributed by atoms with Crippen molar-refractivity contribution in [3.63, 3.8) is 0 Å². The van der Waals surface area contributed by atoms with E-state index in [0.29, 0.717) is 11.7 Å². The molecule has 1 heterocycles. The van der Waals surface area contributed by atoms with Crippen molar-refractivity contribution < 1.29 is 9.26 Å². The molecule has 0 aromatic carbocycles. The van der Waals surface area contributed by atoms with Crippen LogP contribution in [0.15, 0.2) is 4.52 Å². The van der Waals surface area contributed by atoms with Crippen molar-refractivity contribution in [2.75, 3.05) is 13.7 Å². The van der Waals surface area contributed by atoms with Gasteiger partial charge in [-0.15, -0.1) is 0 Å². The highest BCUT2D eigenvalue weighted by Crippen LogP contribution is 2.31. The Labute approximate surface area is 109 Å². The summed E-state index contributed by atoms with van der Waals surface area (Å²) in [5, 5.41) is 7.42. The third-order valence-electron chi connectivity index (χ3n) is 3.52. The normalized spacial score (nSPS) is 13.0. The molecule has 5 heteroatoms. The molecule has 0 spiro atoms. The minimum absolute atomic E-state index is 0.318. The second kappa shape index (κ2) is 5.80. The van der Waals surface area contributed by atoms with Crippen molar-refractivity contribution in [1.82, 2.24) is 15.5 Å². The van der Waals surface area contributed by atoms with E-state index >= 15 is 0 Å². The summed E-state index contributed by atoms with van der Waals surface area (Å²) in [6, 6.07) is 0. The Hall–Kier alpha value is -0.940. The van der Waals surface area contributed by atoms with Crippen LogP contribution in [-0.2, 0) is 15.9 Å². The van der Waals surface area contributed by atoms with Gasteiger partial charge < -0.3 is 14.6 Å². The zero-order chi connectivity index (χ0) is 13.8. The summed E-state index contributed by atoms with van der Waals surface area (Å²) in [5.41, 5.74) is -0.759. The van der Waals surface area contributed by atoms with Crippen LogP contribution in [0.1, 0.15) is 59.2 Å². The van der Waals surface area contributed by atoms with E-state index < -0.39 is 5.60 Å². The topological polar surface area (TPSA) is 60.2 Å². The molecule has 0 saturated heterocycles. The van der Waals surface area contributed by atoms with Gasteiger partial charge in [-0.2, -0.15) is 4.98 Å². The molecule has 0 fully saturated rings. The Morgan fingerprint density at radius 1 is 1.22 bits per heavy atom. The molecule has 1 rings (SSSR count). The van der Waals surface area contributed by atoms with E-state index in [2.05, 4.69) is 36.2 Å². The van der Waals surface area contributed by atoms with Crippen LogP contribution >= 0.6 is 0 Å². The van der Waals surface area contributed by atoms with E-state index in [9.17, 15) is 0 Å². The SMILES string of the molecule is CCNC(C)(C)c1nc(C(CC)(CC)OC)no1. The first-order valence-electron chi connectivity index (χ1n) is 6.60. The van der Waals surface area contributed by atoms with E-state index in [1.165, 1.54) is 0 Å². The van der Waals surface area contributed by atoms with Gasteiger partial charge in [-0.3, -0.25) is 0 Å². The van der Waals surface area contributed by atoms with Crippen molar-refractivity contribution in [3.8, 4) is 0 Å². The first kappa shape index (κ1) is 15.1. The van der Waals surface area contributed by atoms with Gasteiger partial charge in [0.25, 0.3) is 0 Å². The fraction of sp³-hybridized carbons (Fsp3) is 0.846. The van der Waals surface area contributed by atoms with E-state index in [1.54, 1.807) is 7.11 Å². The summed E-state index contributed by atoms with van der Waals surface area (Å²) in [6.45, 7) is 11.1. The Kier molecular flexibility index (Phi) is 4.87. The highest BCUT2D eigenvalue weighted by atomic mass is 16.5. The zero-order valence-electron chi connectivity index (χ0n) is 12.3. The Balaban J connectivity index is 3.05. The van der Waals surface area contributed by atoms with Gasteiger partial charge in [0, 0.05) is 7.11 Å². The predicted octanol–water partition coefficient (Wildman–Crippen LogP) is 2.58. The van der Waals surface area contributed by atoms with Crippen LogP contribution in [0.25, 0.3) is 0 Å². The van der Waals surface area contributed by atoms with Crippen LogP contribution in [0.2, 0.25) is 0 Å². The molecular formula is C13H25N3O2. The maximum Gasteiger partial charge on any atom is 0.246 e. The Morgan fingerprint density at radius 2 is 1.83 bits per heavy atom. The van der Waals surface area contributed by atoms with E-state index in [-0.39, 0.29) is 5.54 Å². The van der Waals surface area contributed by atoms with Gasteiger partial charge >= 0.3 is 0 Å². The van der Waals surface area contributed by atoms with Crippen LogP contribution in [0.3, 0.4) is 0 Å². The molecule has 0 aliphatic carbocycles. The van der Waals surface area contributed by atoms with E-state index in [4.69, 9.17) is 9.26 Å². The van der Waals surface area contributed by atoms with Crippen molar-refractivity contribution in [1.29, 1.82) is 0 Å². The van der Waals surface area contributed by atoms with Gasteiger partial charge in [0.1, 0.15) is 5.60 Å². The van der Waals surface area contributed by atoms with Gasteiger partial charge in [-0.1, -0.05) is 25.9 Å². The summed E-state index contributed by atoms with van der Waals surface area (Å²) < 4.78 is 11.0. The Bertz CT molecular complexity index is 362. The van der Waals surface area contributed by atoms with Gasteiger partial charge in [0.05, 0.1) is 5.54 Å². The Morgan fingerprint density at radius 3 is 2.28 bits per heavy atom. The molecule has 0 amide bonds. The summed E-state index contributed by atoms with van der Waals surface area (Å²) in [5.74, 6) is 1.23. The van der Waals surface area contributed by atoms with E-state index in [0.717, 1.165) is 19.4 Å². The average molecular weight is 255 g/mol. The van der Waals surface area contributed by atoms with Crippen LogP contribution in [0.5, 0.6) is 0 Å². The maximum absolute atomic E-state index is 5.60. The molecule has 0 aliphatic heterocycles. The highest BCUT2D eigenvalue weighted by Gasteiger charge is 2.36. The van der Waals surface area contributed by atoms with Gasteiger partial charge in [-0.25, -0.2) is 0 Å². The van der Waals surface area contributed by atoms with Gasteiger partial charge in [0.15, 0.2) is 0 Å². The van der Waals surface area contributed by atoms with Gasteiger partial charge in [-0.05, 0) is 33.2 Å². The number of rotatable bonds is 7. The molecule has 0 aliphatic rings. The lowest BCUT2D eigenvalue weighted by Crippen LogP contribution is -2.37. The highest BCUT2D eigenvalue weighted by molar-refractivity contribution is 5.05. The van der Waals surface area contributed by atoms with Crippen molar-refractivity contribution in [3.05, 3.63) is 11.7 Å². The number of aromatic nitrogens is 2. The predicted molar refractivity (Wildman–Crippen MR) is 70.3 cm³/mol.